The molecule has 0 aliphatic carbocycles. The summed E-state index contributed by atoms with van der Waals surface area (Å²) < 4.78 is 0. The van der Waals surface area contributed by atoms with Gasteiger partial charge in [0.1, 0.15) is 0 Å². The highest BCUT2D eigenvalue weighted by Crippen LogP contribution is 2.39. The predicted octanol–water partition coefficient (Wildman–Crippen LogP) is 7.62. The Kier molecular flexibility index (Phi) is 11.6. The van der Waals surface area contributed by atoms with Gasteiger partial charge in [0.05, 0.1) is 0 Å². The molecule has 0 radical (unpaired) electrons. The molecule has 0 rings (SSSR count). The molecule has 0 N–H and O–H groups in total. The number of rotatable bonds is 13. The molecule has 20 heavy (non-hydrogen) atoms. The Labute approximate surface area is 130 Å². The lowest BCUT2D eigenvalue weighted by atomic mass is 9.69. The van der Waals surface area contributed by atoms with Gasteiger partial charge in [-0.25, -0.2) is 0 Å². The van der Waals surface area contributed by atoms with Crippen LogP contribution in [0.1, 0.15) is 112 Å². The molecule has 0 saturated carbocycles. The lowest BCUT2D eigenvalue weighted by molar-refractivity contribution is 0.135. The van der Waals surface area contributed by atoms with E-state index in [1.165, 1.54) is 70.6 Å². The standard InChI is InChI=1S/C20H42/c1-7-9-10-11-12-13-14-15-16-17-19(18(3)4)20(5,6)8-2/h18-19H,7-17H2,1-6H3. The molecule has 0 bridgehead atoms. The Bertz CT molecular complexity index is 202. The minimum atomic E-state index is 0.522. The SMILES string of the molecule is CCCCCCCCCCCC(C(C)C)C(C)(C)CC. The summed E-state index contributed by atoms with van der Waals surface area (Å²) in [5.41, 5.74) is 0.522. The van der Waals surface area contributed by atoms with Crippen LogP contribution in [0.2, 0.25) is 0 Å². The quantitative estimate of drug-likeness (QED) is 0.305. The van der Waals surface area contributed by atoms with E-state index >= 15 is 0 Å². The van der Waals surface area contributed by atoms with Gasteiger partial charge in [0.2, 0.25) is 0 Å². The monoisotopic (exact) mass is 282 g/mol. The number of hydrogen-bond acceptors (Lipinski definition) is 0. The summed E-state index contributed by atoms with van der Waals surface area (Å²) in [5, 5.41) is 0. The fourth-order valence-corrected chi connectivity index (χ4v) is 3.56. The topological polar surface area (TPSA) is 0 Å². The van der Waals surface area contributed by atoms with Crippen molar-refractivity contribution in [1.82, 2.24) is 0 Å². The molecular weight excluding hydrogens is 240 g/mol. The van der Waals surface area contributed by atoms with Gasteiger partial charge < -0.3 is 0 Å². The van der Waals surface area contributed by atoms with Gasteiger partial charge in [-0.3, -0.25) is 0 Å². The van der Waals surface area contributed by atoms with Crippen molar-refractivity contribution in [3.05, 3.63) is 0 Å². The van der Waals surface area contributed by atoms with E-state index in [0.717, 1.165) is 11.8 Å². The van der Waals surface area contributed by atoms with Gasteiger partial charge in [-0.2, -0.15) is 0 Å². The average molecular weight is 283 g/mol. The first-order valence-corrected chi connectivity index (χ1v) is 9.45. The first-order chi connectivity index (χ1) is 9.45. The van der Waals surface area contributed by atoms with Crippen molar-refractivity contribution in [1.29, 1.82) is 0 Å². The maximum Gasteiger partial charge on any atom is -0.0326 e. The molecule has 122 valence electrons. The Hall–Kier alpha value is 0. The van der Waals surface area contributed by atoms with Crippen molar-refractivity contribution in [2.75, 3.05) is 0 Å². The molecule has 0 saturated heterocycles. The molecule has 0 heterocycles. The van der Waals surface area contributed by atoms with Crippen molar-refractivity contribution >= 4 is 0 Å². The zero-order valence-corrected chi connectivity index (χ0v) is 15.4. The van der Waals surface area contributed by atoms with E-state index < -0.39 is 0 Å². The molecule has 0 nitrogen and oxygen atoms in total. The normalized spacial score (nSPS) is 13.9. The van der Waals surface area contributed by atoms with E-state index in [0.29, 0.717) is 5.41 Å². The summed E-state index contributed by atoms with van der Waals surface area (Å²) >= 11 is 0. The fourth-order valence-electron chi connectivity index (χ4n) is 3.56. The number of hydrogen-bond donors (Lipinski definition) is 0. The van der Waals surface area contributed by atoms with Crippen LogP contribution in [-0.4, -0.2) is 0 Å². The van der Waals surface area contributed by atoms with Gasteiger partial charge in [-0.1, -0.05) is 106 Å². The lowest BCUT2D eigenvalue weighted by Crippen LogP contribution is -2.27. The van der Waals surface area contributed by atoms with Crippen molar-refractivity contribution < 1.29 is 0 Å². The van der Waals surface area contributed by atoms with Gasteiger partial charge in [0.15, 0.2) is 0 Å². The van der Waals surface area contributed by atoms with Crippen LogP contribution in [0.4, 0.5) is 0 Å². The molecular formula is C20H42. The highest BCUT2D eigenvalue weighted by atomic mass is 14.3. The Morgan fingerprint density at radius 1 is 0.700 bits per heavy atom. The van der Waals surface area contributed by atoms with Crippen LogP contribution in [0, 0.1) is 17.3 Å². The molecule has 0 spiro atoms. The largest absolute Gasteiger partial charge is 0.0654 e. The second-order valence-electron chi connectivity index (χ2n) is 7.81. The third-order valence-corrected chi connectivity index (χ3v) is 5.34. The summed E-state index contributed by atoms with van der Waals surface area (Å²) in [4.78, 5) is 0. The molecule has 0 aromatic carbocycles. The molecule has 1 unspecified atom stereocenters. The van der Waals surface area contributed by atoms with Crippen molar-refractivity contribution in [2.24, 2.45) is 17.3 Å². The van der Waals surface area contributed by atoms with Crippen molar-refractivity contribution in [3.63, 3.8) is 0 Å². The maximum absolute atomic E-state index is 2.46. The third-order valence-electron chi connectivity index (χ3n) is 5.34. The van der Waals surface area contributed by atoms with Gasteiger partial charge in [0, 0.05) is 0 Å². The Balaban J connectivity index is 3.65. The molecule has 0 aromatic heterocycles. The van der Waals surface area contributed by atoms with Crippen LogP contribution >= 0.6 is 0 Å². The van der Waals surface area contributed by atoms with E-state index in [9.17, 15) is 0 Å². The lowest BCUT2D eigenvalue weighted by Gasteiger charge is -2.36. The Morgan fingerprint density at radius 2 is 1.15 bits per heavy atom. The minimum Gasteiger partial charge on any atom is -0.0654 e. The Morgan fingerprint density at radius 3 is 1.55 bits per heavy atom. The highest BCUT2D eigenvalue weighted by molar-refractivity contribution is 4.79. The average Bonchev–Trinajstić information content (AvgIpc) is 2.40. The predicted molar refractivity (Wildman–Crippen MR) is 94.2 cm³/mol. The summed E-state index contributed by atoms with van der Waals surface area (Å²) in [7, 11) is 0. The second-order valence-corrected chi connectivity index (χ2v) is 7.81. The van der Waals surface area contributed by atoms with E-state index in [-0.39, 0.29) is 0 Å². The van der Waals surface area contributed by atoms with Gasteiger partial charge in [0.25, 0.3) is 0 Å². The smallest absolute Gasteiger partial charge is 0.0326 e. The van der Waals surface area contributed by atoms with Crippen LogP contribution in [0.25, 0.3) is 0 Å². The first-order valence-electron chi connectivity index (χ1n) is 9.45. The first kappa shape index (κ1) is 20.0. The van der Waals surface area contributed by atoms with Crippen LogP contribution in [0.15, 0.2) is 0 Å². The van der Waals surface area contributed by atoms with Crippen molar-refractivity contribution in [2.45, 2.75) is 112 Å². The summed E-state index contributed by atoms with van der Waals surface area (Å²) in [6, 6.07) is 0. The molecule has 0 aromatic rings. The molecule has 0 heteroatoms. The van der Waals surface area contributed by atoms with Gasteiger partial charge in [-0.15, -0.1) is 0 Å². The summed E-state index contributed by atoms with van der Waals surface area (Å²) in [6.45, 7) is 14.4. The summed E-state index contributed by atoms with van der Waals surface area (Å²) in [5.74, 6) is 1.73. The third kappa shape index (κ3) is 9.03. The van der Waals surface area contributed by atoms with E-state index in [4.69, 9.17) is 0 Å². The summed E-state index contributed by atoms with van der Waals surface area (Å²) in [6.07, 6.45) is 15.8. The van der Waals surface area contributed by atoms with Gasteiger partial charge >= 0.3 is 0 Å². The molecule has 1 atom stereocenters. The van der Waals surface area contributed by atoms with E-state index in [1.807, 2.05) is 0 Å². The molecule has 0 amide bonds. The molecule has 0 aliphatic rings. The van der Waals surface area contributed by atoms with Crippen LogP contribution < -0.4 is 0 Å². The molecule has 0 fully saturated rings. The fraction of sp³-hybridized carbons (Fsp3) is 1.00. The maximum atomic E-state index is 2.46. The van der Waals surface area contributed by atoms with Crippen LogP contribution in [0.5, 0.6) is 0 Å². The minimum absolute atomic E-state index is 0.522. The van der Waals surface area contributed by atoms with Crippen molar-refractivity contribution in [3.8, 4) is 0 Å². The zero-order valence-electron chi connectivity index (χ0n) is 15.4. The highest BCUT2D eigenvalue weighted by Gasteiger charge is 2.29. The van der Waals surface area contributed by atoms with Crippen LogP contribution in [-0.2, 0) is 0 Å². The number of unbranched alkanes of at least 4 members (excludes halogenated alkanes) is 8. The molecule has 0 aliphatic heterocycles. The zero-order chi connectivity index (χ0) is 15.4. The van der Waals surface area contributed by atoms with Gasteiger partial charge in [-0.05, 0) is 23.7 Å². The van der Waals surface area contributed by atoms with Crippen LogP contribution in [0.3, 0.4) is 0 Å². The second kappa shape index (κ2) is 11.6. The van der Waals surface area contributed by atoms with E-state index in [2.05, 4.69) is 41.5 Å². The van der Waals surface area contributed by atoms with E-state index in [1.54, 1.807) is 0 Å².